The molecule has 1 aliphatic heterocycles. The topological polar surface area (TPSA) is 93.3 Å². The van der Waals surface area contributed by atoms with E-state index in [0.29, 0.717) is 17.3 Å². The van der Waals surface area contributed by atoms with Gasteiger partial charge in [0.2, 0.25) is 6.79 Å². The smallest absolute Gasteiger partial charge is 0.258 e. The first-order valence-electron chi connectivity index (χ1n) is 6.39. The molecular weight excluding hydrogens is 294 g/mol. The van der Waals surface area contributed by atoms with Gasteiger partial charge in [0, 0.05) is 6.04 Å². The molecule has 0 amide bonds. The van der Waals surface area contributed by atoms with Gasteiger partial charge in [-0.2, -0.15) is 0 Å². The number of sulfonamides is 1. The average Bonchev–Trinajstić information content (AvgIpc) is 3.05. The minimum absolute atomic E-state index is 0.0487. The standard InChI is InChI=1S/C13H15N3O4S/c1-8(10-3-4-11-12(5-10)20-7-19-11)16-21(17,18)13-6-14-9(2)15-13/h3-6,8,16H,7H2,1-2H3,(H,14,15). The van der Waals surface area contributed by atoms with E-state index in [0.717, 1.165) is 5.56 Å². The number of benzene rings is 1. The van der Waals surface area contributed by atoms with E-state index < -0.39 is 16.1 Å². The number of hydrogen-bond donors (Lipinski definition) is 2. The summed E-state index contributed by atoms with van der Waals surface area (Å²) < 4.78 is 37.6. The van der Waals surface area contributed by atoms with Crippen molar-refractivity contribution in [3.63, 3.8) is 0 Å². The highest BCUT2D eigenvalue weighted by molar-refractivity contribution is 7.89. The third-order valence-corrected chi connectivity index (χ3v) is 4.65. The summed E-state index contributed by atoms with van der Waals surface area (Å²) >= 11 is 0. The van der Waals surface area contributed by atoms with Crippen LogP contribution in [0.2, 0.25) is 0 Å². The second kappa shape index (κ2) is 5.05. The van der Waals surface area contributed by atoms with Crippen LogP contribution < -0.4 is 14.2 Å². The summed E-state index contributed by atoms with van der Waals surface area (Å²) in [6, 6.07) is 4.93. The second-order valence-corrected chi connectivity index (χ2v) is 6.47. The first-order valence-corrected chi connectivity index (χ1v) is 7.87. The van der Waals surface area contributed by atoms with Crippen molar-refractivity contribution >= 4 is 10.0 Å². The zero-order chi connectivity index (χ0) is 15.0. The molecule has 2 N–H and O–H groups in total. The first-order chi connectivity index (χ1) is 9.95. The van der Waals surface area contributed by atoms with Crippen LogP contribution in [0, 0.1) is 6.92 Å². The molecule has 0 spiro atoms. The maximum Gasteiger partial charge on any atom is 0.258 e. The number of imidazole rings is 1. The highest BCUT2D eigenvalue weighted by atomic mass is 32.2. The summed E-state index contributed by atoms with van der Waals surface area (Å²) in [5, 5.41) is 0.0487. The van der Waals surface area contributed by atoms with Gasteiger partial charge in [-0.25, -0.2) is 18.1 Å². The molecule has 0 saturated heterocycles. The van der Waals surface area contributed by atoms with Crippen LogP contribution in [-0.4, -0.2) is 25.2 Å². The molecule has 2 aromatic rings. The van der Waals surface area contributed by atoms with Gasteiger partial charge in [-0.15, -0.1) is 0 Å². The molecule has 8 heteroatoms. The quantitative estimate of drug-likeness (QED) is 0.892. The van der Waals surface area contributed by atoms with Crippen LogP contribution in [0.25, 0.3) is 0 Å². The van der Waals surface area contributed by atoms with Crippen molar-refractivity contribution in [1.82, 2.24) is 14.7 Å². The van der Waals surface area contributed by atoms with Gasteiger partial charge in [0.1, 0.15) is 5.82 Å². The van der Waals surface area contributed by atoms with Gasteiger partial charge in [0.05, 0.1) is 6.20 Å². The van der Waals surface area contributed by atoms with Crippen molar-refractivity contribution in [2.24, 2.45) is 0 Å². The Labute approximate surface area is 122 Å². The summed E-state index contributed by atoms with van der Waals surface area (Å²) in [7, 11) is -3.64. The first kappa shape index (κ1) is 13.9. The molecule has 1 unspecified atom stereocenters. The van der Waals surface area contributed by atoms with Gasteiger partial charge in [0.15, 0.2) is 16.5 Å². The highest BCUT2D eigenvalue weighted by Crippen LogP contribution is 2.34. The van der Waals surface area contributed by atoms with Gasteiger partial charge in [-0.3, -0.25) is 0 Å². The Bertz CT molecular complexity index is 769. The monoisotopic (exact) mass is 309 g/mol. The van der Waals surface area contributed by atoms with E-state index in [1.807, 2.05) is 0 Å². The van der Waals surface area contributed by atoms with Crippen LogP contribution in [0.1, 0.15) is 24.4 Å². The fourth-order valence-electron chi connectivity index (χ4n) is 2.08. The number of hydrogen-bond acceptors (Lipinski definition) is 5. The summed E-state index contributed by atoms with van der Waals surface area (Å²) in [5.74, 6) is 1.83. The number of nitrogens with zero attached hydrogens (tertiary/aromatic N) is 1. The molecule has 0 bridgehead atoms. The number of ether oxygens (including phenoxy) is 2. The van der Waals surface area contributed by atoms with E-state index in [1.54, 1.807) is 32.0 Å². The lowest BCUT2D eigenvalue weighted by Gasteiger charge is -2.14. The highest BCUT2D eigenvalue weighted by Gasteiger charge is 2.22. The summed E-state index contributed by atoms with van der Waals surface area (Å²) in [6.45, 7) is 3.64. The molecule has 1 aliphatic rings. The van der Waals surface area contributed by atoms with Crippen LogP contribution in [0.5, 0.6) is 11.5 Å². The number of rotatable bonds is 4. The molecular formula is C13H15N3O4S. The van der Waals surface area contributed by atoms with E-state index in [9.17, 15) is 8.42 Å². The minimum atomic E-state index is -3.64. The van der Waals surface area contributed by atoms with E-state index >= 15 is 0 Å². The van der Waals surface area contributed by atoms with Crippen LogP contribution >= 0.6 is 0 Å². The molecule has 2 heterocycles. The largest absolute Gasteiger partial charge is 0.454 e. The van der Waals surface area contributed by atoms with Gasteiger partial charge in [-0.1, -0.05) is 6.07 Å². The fraction of sp³-hybridized carbons (Fsp3) is 0.308. The normalized spacial score (nSPS) is 15.1. The van der Waals surface area contributed by atoms with E-state index in [-0.39, 0.29) is 11.8 Å². The molecule has 0 saturated carbocycles. The maximum absolute atomic E-state index is 12.2. The van der Waals surface area contributed by atoms with Gasteiger partial charge in [0.25, 0.3) is 10.0 Å². The van der Waals surface area contributed by atoms with Crippen molar-refractivity contribution in [2.75, 3.05) is 6.79 Å². The summed E-state index contributed by atoms with van der Waals surface area (Å²) in [6.07, 6.45) is 1.30. The minimum Gasteiger partial charge on any atom is -0.454 e. The zero-order valence-electron chi connectivity index (χ0n) is 11.6. The molecule has 0 aliphatic carbocycles. The van der Waals surface area contributed by atoms with Crippen molar-refractivity contribution < 1.29 is 17.9 Å². The van der Waals surface area contributed by atoms with Crippen LogP contribution in [0.3, 0.4) is 0 Å². The Morgan fingerprint density at radius 3 is 2.81 bits per heavy atom. The van der Waals surface area contributed by atoms with E-state index in [2.05, 4.69) is 14.7 Å². The number of aryl methyl sites for hydroxylation is 1. The third-order valence-electron chi connectivity index (χ3n) is 3.20. The fourth-order valence-corrected chi connectivity index (χ4v) is 3.28. The molecule has 21 heavy (non-hydrogen) atoms. The Morgan fingerprint density at radius 1 is 1.33 bits per heavy atom. The molecule has 3 rings (SSSR count). The Balaban J connectivity index is 1.81. The molecule has 1 aromatic carbocycles. The summed E-state index contributed by atoms with van der Waals surface area (Å²) in [5.41, 5.74) is 0.791. The van der Waals surface area contributed by atoms with Gasteiger partial charge < -0.3 is 14.5 Å². The summed E-state index contributed by atoms with van der Waals surface area (Å²) in [4.78, 5) is 6.61. The molecule has 1 aromatic heterocycles. The third kappa shape index (κ3) is 2.72. The number of aromatic amines is 1. The van der Waals surface area contributed by atoms with Crippen molar-refractivity contribution in [3.8, 4) is 11.5 Å². The Morgan fingerprint density at radius 2 is 2.10 bits per heavy atom. The van der Waals surface area contributed by atoms with Crippen LogP contribution in [-0.2, 0) is 10.0 Å². The van der Waals surface area contributed by atoms with Crippen molar-refractivity contribution in [1.29, 1.82) is 0 Å². The Kier molecular flexibility index (Phi) is 3.34. The number of H-pyrrole nitrogens is 1. The average molecular weight is 309 g/mol. The lowest BCUT2D eigenvalue weighted by Crippen LogP contribution is -2.27. The Hall–Kier alpha value is -2.06. The SMILES string of the molecule is Cc1ncc(S(=O)(=O)NC(C)c2ccc3c(c2)OCO3)[nH]1. The van der Waals surface area contributed by atoms with E-state index in [1.165, 1.54) is 6.20 Å². The lowest BCUT2D eigenvalue weighted by atomic mass is 10.1. The molecule has 7 nitrogen and oxygen atoms in total. The predicted molar refractivity (Wildman–Crippen MR) is 74.6 cm³/mol. The van der Waals surface area contributed by atoms with Crippen molar-refractivity contribution in [2.45, 2.75) is 24.9 Å². The van der Waals surface area contributed by atoms with Crippen molar-refractivity contribution in [3.05, 3.63) is 35.8 Å². The van der Waals surface area contributed by atoms with Crippen LogP contribution in [0.15, 0.2) is 29.4 Å². The molecule has 0 fully saturated rings. The number of fused-ring (bicyclic) bond motifs is 1. The van der Waals surface area contributed by atoms with Gasteiger partial charge in [-0.05, 0) is 31.5 Å². The predicted octanol–water partition coefficient (Wildman–Crippen LogP) is 1.49. The molecule has 1 atom stereocenters. The zero-order valence-corrected chi connectivity index (χ0v) is 12.4. The van der Waals surface area contributed by atoms with E-state index in [4.69, 9.17) is 9.47 Å². The number of aromatic nitrogens is 2. The lowest BCUT2D eigenvalue weighted by molar-refractivity contribution is 0.174. The van der Waals surface area contributed by atoms with Crippen LogP contribution in [0.4, 0.5) is 0 Å². The molecule has 112 valence electrons. The van der Waals surface area contributed by atoms with Gasteiger partial charge >= 0.3 is 0 Å². The maximum atomic E-state index is 12.2. The molecule has 0 radical (unpaired) electrons. The number of nitrogens with one attached hydrogen (secondary N) is 2. The second-order valence-electron chi connectivity index (χ2n) is 4.79.